The van der Waals surface area contributed by atoms with E-state index in [4.69, 9.17) is 11.6 Å². The number of nitrogens with one attached hydrogen (secondary N) is 1. The molecular weight excluding hydrogens is 277 g/mol. The third-order valence-electron chi connectivity index (χ3n) is 3.01. The molecule has 0 saturated heterocycles. The Morgan fingerprint density at radius 3 is 2.87 bits per heavy atom. The van der Waals surface area contributed by atoms with E-state index in [0.717, 1.165) is 21.2 Å². The Balaban J connectivity index is 2.27. The maximum Gasteiger partial charge on any atom is 0.143 e. The van der Waals surface area contributed by atoms with E-state index in [0.29, 0.717) is 11.1 Å². The highest BCUT2D eigenvalue weighted by atomic mass is 79.9. The molecule has 5 heteroatoms. The van der Waals surface area contributed by atoms with E-state index in [1.165, 1.54) is 19.3 Å². The molecule has 2 aromatic heterocycles. The fourth-order valence-electron chi connectivity index (χ4n) is 1.97. The molecule has 1 aliphatic rings. The van der Waals surface area contributed by atoms with Gasteiger partial charge in [0.1, 0.15) is 17.1 Å². The van der Waals surface area contributed by atoms with Gasteiger partial charge < -0.3 is 4.98 Å². The van der Waals surface area contributed by atoms with Crippen molar-refractivity contribution in [3.63, 3.8) is 0 Å². The fraction of sp³-hybridized carbons (Fsp3) is 0.400. The Labute approximate surface area is 100 Å². The largest absolute Gasteiger partial charge is 0.329 e. The second kappa shape index (κ2) is 3.46. The molecule has 0 spiro atoms. The highest BCUT2D eigenvalue weighted by Crippen LogP contribution is 2.41. The molecule has 1 fully saturated rings. The number of aromatic amines is 1. The Morgan fingerprint density at radius 1 is 1.40 bits per heavy atom. The first kappa shape index (κ1) is 9.60. The predicted octanol–water partition coefficient (Wildman–Crippen LogP) is 3.64. The van der Waals surface area contributed by atoms with Gasteiger partial charge in [-0.05, 0) is 28.8 Å². The molecule has 0 aliphatic heterocycles. The quantitative estimate of drug-likeness (QED) is 0.869. The van der Waals surface area contributed by atoms with Crippen LogP contribution >= 0.6 is 27.5 Å². The zero-order valence-corrected chi connectivity index (χ0v) is 10.3. The van der Waals surface area contributed by atoms with E-state index in [1.54, 1.807) is 6.33 Å². The summed E-state index contributed by atoms with van der Waals surface area (Å²) < 4.78 is 0.890. The van der Waals surface area contributed by atoms with Crippen molar-refractivity contribution in [1.29, 1.82) is 0 Å². The number of fused-ring (bicyclic) bond motifs is 1. The Bertz CT molecular complexity index is 519. The van der Waals surface area contributed by atoms with E-state index in [-0.39, 0.29) is 0 Å². The molecule has 15 heavy (non-hydrogen) atoms. The minimum Gasteiger partial charge on any atom is -0.329 e. The SMILES string of the molecule is Clc1[nH]c2ncnc(C3CCC3)c2c1Br. The fourth-order valence-corrected chi connectivity index (χ4v) is 2.64. The predicted molar refractivity (Wildman–Crippen MR) is 63.2 cm³/mol. The standard InChI is InChI=1S/C10H9BrClN3/c11-7-6-8(5-2-1-3-5)13-4-14-10(6)15-9(7)12/h4-5H,1-3H2,(H,13,14,15). The molecule has 1 N–H and O–H groups in total. The van der Waals surface area contributed by atoms with Gasteiger partial charge in [0.25, 0.3) is 0 Å². The lowest BCUT2D eigenvalue weighted by atomic mass is 9.82. The summed E-state index contributed by atoms with van der Waals surface area (Å²) in [5, 5.41) is 1.65. The van der Waals surface area contributed by atoms with E-state index in [2.05, 4.69) is 30.9 Å². The Morgan fingerprint density at radius 2 is 2.20 bits per heavy atom. The van der Waals surface area contributed by atoms with Crippen LogP contribution in [0.1, 0.15) is 30.9 Å². The van der Waals surface area contributed by atoms with Gasteiger partial charge in [0, 0.05) is 5.92 Å². The summed E-state index contributed by atoms with van der Waals surface area (Å²) in [5.41, 5.74) is 1.95. The van der Waals surface area contributed by atoms with Crippen molar-refractivity contribution in [2.45, 2.75) is 25.2 Å². The van der Waals surface area contributed by atoms with Crippen LogP contribution < -0.4 is 0 Å². The maximum atomic E-state index is 6.02. The first-order valence-electron chi connectivity index (χ1n) is 4.95. The molecular formula is C10H9BrClN3. The van der Waals surface area contributed by atoms with E-state index in [1.807, 2.05) is 0 Å². The lowest BCUT2D eigenvalue weighted by Gasteiger charge is -2.25. The molecule has 0 bridgehead atoms. The summed E-state index contributed by atoms with van der Waals surface area (Å²) in [6.45, 7) is 0. The first-order valence-corrected chi connectivity index (χ1v) is 6.12. The van der Waals surface area contributed by atoms with Gasteiger partial charge in [0.2, 0.25) is 0 Å². The summed E-state index contributed by atoms with van der Waals surface area (Å²) in [5.74, 6) is 0.582. The van der Waals surface area contributed by atoms with Crippen molar-refractivity contribution in [2.24, 2.45) is 0 Å². The van der Waals surface area contributed by atoms with Crippen LogP contribution in [0.15, 0.2) is 10.8 Å². The average Bonchev–Trinajstić information content (AvgIpc) is 2.41. The summed E-state index contributed by atoms with van der Waals surface area (Å²) in [6, 6.07) is 0. The summed E-state index contributed by atoms with van der Waals surface area (Å²) >= 11 is 9.50. The lowest BCUT2D eigenvalue weighted by molar-refractivity contribution is 0.413. The number of nitrogens with zero attached hydrogens (tertiary/aromatic N) is 2. The number of hydrogen-bond donors (Lipinski definition) is 1. The van der Waals surface area contributed by atoms with Crippen LogP contribution in [0, 0.1) is 0 Å². The van der Waals surface area contributed by atoms with Crippen LogP contribution in [-0.4, -0.2) is 15.0 Å². The lowest BCUT2D eigenvalue weighted by Crippen LogP contribution is -2.11. The minimum atomic E-state index is 0.582. The molecule has 1 aliphatic carbocycles. The highest BCUT2D eigenvalue weighted by Gasteiger charge is 2.25. The molecule has 1 saturated carbocycles. The summed E-state index contributed by atoms with van der Waals surface area (Å²) in [4.78, 5) is 11.6. The maximum absolute atomic E-state index is 6.02. The van der Waals surface area contributed by atoms with Crippen molar-refractivity contribution >= 4 is 38.6 Å². The molecule has 0 unspecified atom stereocenters. The van der Waals surface area contributed by atoms with E-state index in [9.17, 15) is 0 Å². The van der Waals surface area contributed by atoms with Crippen LogP contribution in [0.2, 0.25) is 5.15 Å². The molecule has 78 valence electrons. The highest BCUT2D eigenvalue weighted by molar-refractivity contribution is 9.10. The molecule has 3 rings (SSSR count). The number of aromatic nitrogens is 3. The second-order valence-corrected chi connectivity index (χ2v) is 5.03. The van der Waals surface area contributed by atoms with Crippen molar-refractivity contribution in [3.8, 4) is 0 Å². The topological polar surface area (TPSA) is 41.6 Å². The molecule has 0 aromatic carbocycles. The van der Waals surface area contributed by atoms with E-state index >= 15 is 0 Å². The zero-order chi connectivity index (χ0) is 10.4. The van der Waals surface area contributed by atoms with Crippen molar-refractivity contribution in [2.75, 3.05) is 0 Å². The van der Waals surface area contributed by atoms with Gasteiger partial charge in [0.05, 0.1) is 15.6 Å². The molecule has 2 aromatic rings. The Kier molecular flexibility index (Phi) is 2.21. The van der Waals surface area contributed by atoms with Crippen molar-refractivity contribution < 1.29 is 0 Å². The van der Waals surface area contributed by atoms with Gasteiger partial charge in [-0.25, -0.2) is 9.97 Å². The molecule has 0 radical (unpaired) electrons. The van der Waals surface area contributed by atoms with Gasteiger partial charge in [-0.1, -0.05) is 18.0 Å². The van der Waals surface area contributed by atoms with Crippen LogP contribution in [0.4, 0.5) is 0 Å². The van der Waals surface area contributed by atoms with Crippen molar-refractivity contribution in [1.82, 2.24) is 15.0 Å². The average molecular weight is 287 g/mol. The van der Waals surface area contributed by atoms with Gasteiger partial charge >= 0.3 is 0 Å². The normalized spacial score (nSPS) is 16.9. The summed E-state index contributed by atoms with van der Waals surface area (Å²) in [6.07, 6.45) is 5.35. The van der Waals surface area contributed by atoms with Crippen LogP contribution in [0.5, 0.6) is 0 Å². The third-order valence-corrected chi connectivity index (χ3v) is 4.31. The second-order valence-electron chi connectivity index (χ2n) is 3.86. The van der Waals surface area contributed by atoms with Gasteiger partial charge in [-0.3, -0.25) is 0 Å². The summed E-state index contributed by atoms with van der Waals surface area (Å²) in [7, 11) is 0. The van der Waals surface area contributed by atoms with E-state index < -0.39 is 0 Å². The number of halogens is 2. The molecule has 0 atom stereocenters. The van der Waals surface area contributed by atoms with Gasteiger partial charge in [-0.2, -0.15) is 0 Å². The number of H-pyrrole nitrogens is 1. The number of hydrogen-bond acceptors (Lipinski definition) is 2. The molecule has 3 nitrogen and oxygen atoms in total. The zero-order valence-electron chi connectivity index (χ0n) is 7.93. The van der Waals surface area contributed by atoms with Crippen molar-refractivity contribution in [3.05, 3.63) is 21.6 Å². The first-order chi connectivity index (χ1) is 7.27. The van der Waals surface area contributed by atoms with Crippen LogP contribution in [-0.2, 0) is 0 Å². The molecule has 0 amide bonds. The van der Waals surface area contributed by atoms with Gasteiger partial charge in [-0.15, -0.1) is 0 Å². The monoisotopic (exact) mass is 285 g/mol. The van der Waals surface area contributed by atoms with Crippen LogP contribution in [0.3, 0.4) is 0 Å². The Hall–Kier alpha value is -0.610. The van der Waals surface area contributed by atoms with Gasteiger partial charge in [0.15, 0.2) is 0 Å². The number of rotatable bonds is 1. The smallest absolute Gasteiger partial charge is 0.143 e. The third kappa shape index (κ3) is 1.39. The van der Waals surface area contributed by atoms with Crippen LogP contribution in [0.25, 0.3) is 11.0 Å². The molecule has 2 heterocycles. The minimum absolute atomic E-state index is 0.582.